The largest absolute Gasteiger partial charge is 0.423 e. The summed E-state index contributed by atoms with van der Waals surface area (Å²) in [5.41, 5.74) is 3.02. The summed E-state index contributed by atoms with van der Waals surface area (Å²) in [6, 6.07) is 16.1. The maximum atomic E-state index is 12.7. The van der Waals surface area contributed by atoms with Crippen LogP contribution in [-0.4, -0.2) is 42.2 Å². The van der Waals surface area contributed by atoms with Crippen molar-refractivity contribution in [1.29, 1.82) is 0 Å². The van der Waals surface area contributed by atoms with Gasteiger partial charge in [0.05, 0.1) is 41.3 Å². The van der Waals surface area contributed by atoms with E-state index >= 15 is 0 Å². The number of anilines is 3. The van der Waals surface area contributed by atoms with Gasteiger partial charge in [0, 0.05) is 24.0 Å². The third kappa shape index (κ3) is 4.06. The molecule has 2 aromatic carbocycles. The van der Waals surface area contributed by atoms with Crippen LogP contribution in [0.25, 0.3) is 22.4 Å². The van der Waals surface area contributed by atoms with Crippen LogP contribution in [0.2, 0.25) is 0 Å². The van der Waals surface area contributed by atoms with Gasteiger partial charge in [-0.3, -0.25) is 9.59 Å². The van der Waals surface area contributed by atoms with Crippen molar-refractivity contribution in [3.05, 3.63) is 95.3 Å². The number of aliphatic hydroxyl groups excluding tert-OH is 1. The van der Waals surface area contributed by atoms with Crippen LogP contribution in [0.3, 0.4) is 0 Å². The highest BCUT2D eigenvalue weighted by molar-refractivity contribution is 5.98. The van der Waals surface area contributed by atoms with Gasteiger partial charge in [-0.15, -0.1) is 10.2 Å². The molecule has 3 N–H and O–H groups in total. The lowest BCUT2D eigenvalue weighted by Gasteiger charge is -2.20. The van der Waals surface area contributed by atoms with Crippen molar-refractivity contribution < 1.29 is 14.3 Å². The molecule has 0 saturated heterocycles. The van der Waals surface area contributed by atoms with Crippen LogP contribution in [0, 0.1) is 0 Å². The van der Waals surface area contributed by atoms with E-state index in [2.05, 4.69) is 25.8 Å². The number of fused-ring (bicyclic) bond motifs is 3. The van der Waals surface area contributed by atoms with Gasteiger partial charge >= 0.3 is 0 Å². The highest BCUT2D eigenvalue weighted by Gasteiger charge is 2.20. The highest BCUT2D eigenvalue weighted by atomic mass is 16.4. The van der Waals surface area contributed by atoms with Gasteiger partial charge in [0.15, 0.2) is 0 Å². The maximum Gasteiger partial charge on any atom is 0.275 e. The minimum atomic E-state index is -0.395. The first-order chi connectivity index (χ1) is 18.1. The zero-order valence-corrected chi connectivity index (χ0v) is 19.4. The van der Waals surface area contributed by atoms with E-state index in [1.54, 1.807) is 36.5 Å². The minimum absolute atomic E-state index is 0.147. The molecule has 0 spiro atoms. The van der Waals surface area contributed by atoms with E-state index in [0.717, 1.165) is 5.56 Å². The van der Waals surface area contributed by atoms with E-state index in [4.69, 9.17) is 4.42 Å². The van der Waals surface area contributed by atoms with E-state index in [9.17, 15) is 14.7 Å². The number of carbonyl (C=O) groups excluding carboxylic acids is 1. The van der Waals surface area contributed by atoms with Crippen molar-refractivity contribution in [2.75, 3.05) is 17.2 Å². The van der Waals surface area contributed by atoms with Crippen molar-refractivity contribution >= 4 is 34.0 Å². The Hall–Kier alpha value is -5.03. The summed E-state index contributed by atoms with van der Waals surface area (Å²) in [6.07, 6.45) is 5.95. The molecule has 184 valence electrons. The Bertz CT molecular complexity index is 1690. The van der Waals surface area contributed by atoms with Gasteiger partial charge in [0.25, 0.3) is 17.4 Å². The summed E-state index contributed by atoms with van der Waals surface area (Å²) in [5.74, 6) is 0.487. The number of benzene rings is 2. The number of rotatable bonds is 7. The molecule has 37 heavy (non-hydrogen) atoms. The predicted octanol–water partition coefficient (Wildman–Crippen LogP) is 3.35. The summed E-state index contributed by atoms with van der Waals surface area (Å²) in [6.45, 7) is 0.190. The van der Waals surface area contributed by atoms with Crippen LogP contribution >= 0.6 is 0 Å². The maximum absolute atomic E-state index is 12.7. The predicted molar refractivity (Wildman–Crippen MR) is 137 cm³/mol. The summed E-state index contributed by atoms with van der Waals surface area (Å²) in [4.78, 5) is 29.7. The molecule has 11 nitrogen and oxygen atoms in total. The molecule has 0 fully saturated rings. The summed E-state index contributed by atoms with van der Waals surface area (Å²) in [5, 5.41) is 24.9. The van der Waals surface area contributed by atoms with Crippen molar-refractivity contribution in [3.63, 3.8) is 0 Å². The lowest BCUT2D eigenvalue weighted by Crippen LogP contribution is -2.28. The Morgan fingerprint density at radius 1 is 1.11 bits per heavy atom. The third-order valence-corrected chi connectivity index (χ3v) is 6.16. The Labute approximate surface area is 209 Å². The van der Waals surface area contributed by atoms with Gasteiger partial charge in [-0.05, 0) is 23.8 Å². The average Bonchev–Trinajstić information content (AvgIpc) is 3.56. The number of nitrogens with one attached hydrogen (secondary N) is 2. The lowest BCUT2D eigenvalue weighted by atomic mass is 10.1. The molecule has 4 heterocycles. The Balaban J connectivity index is 1.37. The van der Waals surface area contributed by atoms with Crippen molar-refractivity contribution in [1.82, 2.24) is 24.5 Å². The number of aliphatic hydroxyl groups is 1. The molecule has 0 unspecified atom stereocenters. The Morgan fingerprint density at radius 2 is 1.97 bits per heavy atom. The third-order valence-electron chi connectivity index (χ3n) is 6.16. The Morgan fingerprint density at radius 3 is 2.76 bits per heavy atom. The number of aromatic nitrogens is 5. The average molecular weight is 495 g/mol. The molecule has 0 aliphatic carbocycles. The second-order valence-corrected chi connectivity index (χ2v) is 8.45. The second-order valence-electron chi connectivity index (χ2n) is 8.45. The first-order valence-electron chi connectivity index (χ1n) is 11.5. The van der Waals surface area contributed by atoms with Crippen molar-refractivity contribution in [2.45, 2.75) is 12.6 Å². The van der Waals surface area contributed by atoms with Gasteiger partial charge in [-0.25, -0.2) is 14.3 Å². The van der Waals surface area contributed by atoms with Crippen LogP contribution in [0.1, 0.15) is 16.4 Å². The van der Waals surface area contributed by atoms with Crippen LogP contribution in [-0.2, 0) is 6.54 Å². The number of allylic oxidation sites excluding steroid dienone is 2. The Kier molecular flexibility index (Phi) is 5.58. The first kappa shape index (κ1) is 22.4. The van der Waals surface area contributed by atoms with Crippen molar-refractivity contribution in [3.8, 4) is 11.5 Å². The summed E-state index contributed by atoms with van der Waals surface area (Å²) >= 11 is 0. The smallest absolute Gasteiger partial charge is 0.275 e. The van der Waals surface area contributed by atoms with Crippen LogP contribution in [0.5, 0.6) is 0 Å². The van der Waals surface area contributed by atoms with Gasteiger partial charge in [-0.2, -0.15) is 0 Å². The normalized spacial score (nSPS) is 13.5. The van der Waals surface area contributed by atoms with Gasteiger partial charge in [0.2, 0.25) is 6.39 Å². The standard InChI is InChI=1S/C26H21N7O4/c34-14-21(16-5-2-1-3-6-16)30-20-12-23(27-13-19(20)25-31-28-15-37-25)29-17-8-9-18-22(11-17)33-24(35)7-4-10-32(33)26(18)36/h1-9,11-13,15,21,34H,10,14H2,(H2,27,29,30)/t21-/m1/s1. The lowest BCUT2D eigenvalue weighted by molar-refractivity contribution is 0.0935. The number of hydrogen-bond acceptors (Lipinski definition) is 9. The molecule has 5 aromatic rings. The van der Waals surface area contributed by atoms with E-state index in [-0.39, 0.29) is 24.0 Å². The van der Waals surface area contributed by atoms with Gasteiger partial charge in [0.1, 0.15) is 5.82 Å². The fourth-order valence-corrected chi connectivity index (χ4v) is 4.41. The fraction of sp³-hybridized carbons (Fsp3) is 0.115. The fourth-order valence-electron chi connectivity index (χ4n) is 4.41. The molecule has 0 bridgehead atoms. The zero-order valence-electron chi connectivity index (χ0n) is 19.4. The highest BCUT2D eigenvalue weighted by Crippen LogP contribution is 2.32. The zero-order chi connectivity index (χ0) is 25.4. The SMILES string of the molecule is O=C1C=CCn2c(=O)c3ccc(Nc4cc(N[C@H](CO)c5ccccc5)c(-c5nnco5)cn4)cc3n21. The molecule has 3 aromatic heterocycles. The number of carbonyl (C=O) groups is 1. The van der Waals surface area contributed by atoms with E-state index < -0.39 is 6.04 Å². The van der Waals surface area contributed by atoms with Gasteiger partial charge in [-0.1, -0.05) is 36.4 Å². The van der Waals surface area contributed by atoms with E-state index in [1.807, 2.05) is 30.3 Å². The topological polar surface area (TPSA) is 140 Å². The number of pyridine rings is 1. The first-order valence-corrected chi connectivity index (χ1v) is 11.5. The molecular weight excluding hydrogens is 474 g/mol. The quantitative estimate of drug-likeness (QED) is 0.310. The second kappa shape index (κ2) is 9.21. The van der Waals surface area contributed by atoms with E-state index in [0.29, 0.717) is 40.2 Å². The monoisotopic (exact) mass is 495 g/mol. The molecule has 1 atom stereocenters. The molecule has 0 saturated carbocycles. The molecule has 1 aliphatic heterocycles. The van der Waals surface area contributed by atoms with Crippen LogP contribution in [0.15, 0.2) is 88.6 Å². The molecule has 6 rings (SSSR count). The molecule has 11 heteroatoms. The molecule has 1 aliphatic rings. The summed E-state index contributed by atoms with van der Waals surface area (Å²) < 4.78 is 8.19. The molecular formula is C26H21N7O4. The van der Waals surface area contributed by atoms with Crippen molar-refractivity contribution in [2.24, 2.45) is 0 Å². The van der Waals surface area contributed by atoms with Gasteiger partial charge < -0.3 is 20.2 Å². The minimum Gasteiger partial charge on any atom is -0.423 e. The number of hydrogen-bond donors (Lipinski definition) is 3. The molecule has 0 radical (unpaired) electrons. The van der Waals surface area contributed by atoms with Crippen LogP contribution < -0.4 is 16.2 Å². The summed E-state index contributed by atoms with van der Waals surface area (Å²) in [7, 11) is 0. The van der Waals surface area contributed by atoms with E-state index in [1.165, 1.54) is 21.8 Å². The van der Waals surface area contributed by atoms with Crippen LogP contribution in [0.4, 0.5) is 17.2 Å². The number of nitrogens with zero attached hydrogens (tertiary/aromatic N) is 5. The molecule has 0 amide bonds.